The van der Waals surface area contributed by atoms with Gasteiger partial charge in [0.05, 0.1) is 6.54 Å². The maximum Gasteiger partial charge on any atom is 0.229 e. The second-order valence-electron chi connectivity index (χ2n) is 5.78. The van der Waals surface area contributed by atoms with Gasteiger partial charge < -0.3 is 9.26 Å². The molecule has 1 fully saturated rings. The lowest BCUT2D eigenvalue weighted by Crippen LogP contribution is -2.21. The molecule has 22 heavy (non-hydrogen) atoms. The van der Waals surface area contributed by atoms with Gasteiger partial charge in [-0.1, -0.05) is 5.16 Å². The van der Waals surface area contributed by atoms with E-state index < -0.39 is 0 Å². The first-order valence-corrected chi connectivity index (χ1v) is 7.79. The van der Waals surface area contributed by atoms with Crippen LogP contribution in [0.25, 0.3) is 0 Å². The van der Waals surface area contributed by atoms with E-state index in [2.05, 4.69) is 27.1 Å². The first-order chi connectivity index (χ1) is 10.8. The average Bonchev–Trinajstić information content (AvgIpc) is 3.03. The minimum Gasteiger partial charge on any atom is -0.381 e. The van der Waals surface area contributed by atoms with Crippen molar-refractivity contribution in [2.24, 2.45) is 0 Å². The molecule has 2 aromatic rings. The zero-order valence-corrected chi connectivity index (χ0v) is 12.9. The summed E-state index contributed by atoms with van der Waals surface area (Å²) in [5.74, 6) is 1.89. The van der Waals surface area contributed by atoms with E-state index in [0.29, 0.717) is 12.5 Å². The first-order valence-electron chi connectivity index (χ1n) is 7.79. The molecule has 0 unspecified atom stereocenters. The number of ether oxygens (including phenoxy) is 1. The quantitative estimate of drug-likeness (QED) is 0.813. The third-order valence-electron chi connectivity index (χ3n) is 4.00. The van der Waals surface area contributed by atoms with Crippen LogP contribution >= 0.6 is 0 Å². The van der Waals surface area contributed by atoms with Gasteiger partial charge in [-0.3, -0.25) is 9.88 Å². The summed E-state index contributed by atoms with van der Waals surface area (Å²) >= 11 is 0. The lowest BCUT2D eigenvalue weighted by molar-refractivity contribution is 0.0778. The molecule has 0 aromatic carbocycles. The summed E-state index contributed by atoms with van der Waals surface area (Å²) in [6.45, 7) is 3.23. The average molecular weight is 302 g/mol. The van der Waals surface area contributed by atoms with Gasteiger partial charge in [-0.2, -0.15) is 4.98 Å². The molecule has 0 aliphatic carbocycles. The van der Waals surface area contributed by atoms with E-state index in [1.165, 1.54) is 5.56 Å². The molecule has 3 heterocycles. The lowest BCUT2D eigenvalue weighted by atomic mass is 10.0. The number of rotatable bonds is 6. The second kappa shape index (κ2) is 7.47. The highest BCUT2D eigenvalue weighted by molar-refractivity contribution is 5.09. The van der Waals surface area contributed by atoms with Crippen LogP contribution in [0.15, 0.2) is 29.0 Å². The highest BCUT2D eigenvalue weighted by atomic mass is 16.5. The molecule has 0 atom stereocenters. The molecule has 1 aliphatic rings. The molecule has 2 aromatic heterocycles. The van der Waals surface area contributed by atoms with Crippen molar-refractivity contribution in [3.63, 3.8) is 0 Å². The summed E-state index contributed by atoms with van der Waals surface area (Å²) in [7, 11) is 2.08. The van der Waals surface area contributed by atoms with Crippen LogP contribution in [0.1, 0.15) is 36.0 Å². The predicted octanol–water partition coefficient (Wildman–Crippen LogP) is 2.03. The van der Waals surface area contributed by atoms with Gasteiger partial charge in [0.2, 0.25) is 5.89 Å². The standard InChI is InChI=1S/C16H22N4O2/c1-20(9-4-13-2-7-17-8-3-13)12-15-18-16(22-19-15)14-5-10-21-11-6-14/h2-3,7-8,14H,4-6,9-12H2,1H3. The minimum absolute atomic E-state index is 0.358. The van der Waals surface area contributed by atoms with Crippen LogP contribution < -0.4 is 0 Å². The Hall–Kier alpha value is -1.79. The molecule has 0 amide bonds. The number of nitrogens with zero attached hydrogens (tertiary/aromatic N) is 4. The van der Waals surface area contributed by atoms with E-state index in [-0.39, 0.29) is 0 Å². The Labute approximate surface area is 130 Å². The van der Waals surface area contributed by atoms with Crippen LogP contribution in [0, 0.1) is 0 Å². The maximum atomic E-state index is 5.42. The van der Waals surface area contributed by atoms with Crippen LogP contribution in [0.5, 0.6) is 0 Å². The molecule has 0 radical (unpaired) electrons. The Balaban J connectivity index is 1.49. The normalized spacial score (nSPS) is 16.3. The van der Waals surface area contributed by atoms with Gasteiger partial charge in [-0.15, -0.1) is 0 Å². The summed E-state index contributed by atoms with van der Waals surface area (Å²) in [6.07, 6.45) is 6.59. The van der Waals surface area contributed by atoms with Gasteiger partial charge in [0, 0.05) is 38.1 Å². The molecule has 0 saturated carbocycles. The summed E-state index contributed by atoms with van der Waals surface area (Å²) in [4.78, 5) is 10.8. The van der Waals surface area contributed by atoms with Gasteiger partial charge in [0.15, 0.2) is 5.82 Å². The Morgan fingerprint density at radius 2 is 2.00 bits per heavy atom. The van der Waals surface area contributed by atoms with Crippen molar-refractivity contribution in [2.45, 2.75) is 31.7 Å². The zero-order chi connectivity index (χ0) is 15.2. The molecule has 0 N–H and O–H groups in total. The Morgan fingerprint density at radius 3 is 2.77 bits per heavy atom. The number of hydrogen-bond acceptors (Lipinski definition) is 6. The van der Waals surface area contributed by atoms with Crippen LogP contribution in [0.2, 0.25) is 0 Å². The Morgan fingerprint density at radius 1 is 1.23 bits per heavy atom. The molecule has 3 rings (SSSR count). The van der Waals surface area contributed by atoms with Gasteiger partial charge in [0.1, 0.15) is 0 Å². The number of aromatic nitrogens is 3. The van der Waals surface area contributed by atoms with Crippen molar-refractivity contribution in [3.8, 4) is 0 Å². The van der Waals surface area contributed by atoms with E-state index in [1.54, 1.807) is 0 Å². The molecule has 6 nitrogen and oxygen atoms in total. The van der Waals surface area contributed by atoms with E-state index in [4.69, 9.17) is 9.26 Å². The van der Waals surface area contributed by atoms with Crippen LogP contribution in [0.4, 0.5) is 0 Å². The van der Waals surface area contributed by atoms with Crippen LogP contribution in [-0.4, -0.2) is 46.8 Å². The lowest BCUT2D eigenvalue weighted by Gasteiger charge is -2.18. The summed E-state index contributed by atoms with van der Waals surface area (Å²) in [6, 6.07) is 4.09. The van der Waals surface area contributed by atoms with Crippen LogP contribution in [0.3, 0.4) is 0 Å². The maximum absolute atomic E-state index is 5.42. The second-order valence-corrected chi connectivity index (χ2v) is 5.78. The largest absolute Gasteiger partial charge is 0.381 e. The fourth-order valence-corrected chi connectivity index (χ4v) is 2.63. The topological polar surface area (TPSA) is 64.3 Å². The van der Waals surface area contributed by atoms with Crippen molar-refractivity contribution < 1.29 is 9.26 Å². The van der Waals surface area contributed by atoms with E-state index in [9.17, 15) is 0 Å². The first kappa shape index (κ1) is 15.1. The van der Waals surface area contributed by atoms with Crippen LogP contribution in [-0.2, 0) is 17.7 Å². The highest BCUT2D eigenvalue weighted by Gasteiger charge is 2.22. The third-order valence-corrected chi connectivity index (χ3v) is 4.00. The van der Waals surface area contributed by atoms with Crippen molar-refractivity contribution in [2.75, 3.05) is 26.8 Å². The number of pyridine rings is 1. The van der Waals surface area contributed by atoms with Gasteiger partial charge in [-0.25, -0.2) is 0 Å². The fourth-order valence-electron chi connectivity index (χ4n) is 2.63. The number of likely N-dealkylation sites (N-methyl/N-ethyl adjacent to an activating group) is 1. The molecule has 118 valence electrons. The molecule has 0 bridgehead atoms. The predicted molar refractivity (Wildman–Crippen MR) is 81.4 cm³/mol. The van der Waals surface area contributed by atoms with E-state index in [1.807, 2.05) is 24.5 Å². The minimum atomic E-state index is 0.358. The van der Waals surface area contributed by atoms with Gasteiger partial charge in [0.25, 0.3) is 0 Å². The van der Waals surface area contributed by atoms with Crippen molar-refractivity contribution in [3.05, 3.63) is 41.8 Å². The summed E-state index contributed by atoms with van der Waals surface area (Å²) in [5.41, 5.74) is 1.29. The van der Waals surface area contributed by atoms with Gasteiger partial charge >= 0.3 is 0 Å². The summed E-state index contributed by atoms with van der Waals surface area (Å²) < 4.78 is 10.8. The fraction of sp³-hybridized carbons (Fsp3) is 0.562. The highest BCUT2D eigenvalue weighted by Crippen LogP contribution is 2.25. The molecular formula is C16H22N4O2. The van der Waals surface area contributed by atoms with E-state index in [0.717, 1.165) is 50.7 Å². The number of hydrogen-bond donors (Lipinski definition) is 0. The molecular weight excluding hydrogens is 280 g/mol. The molecule has 6 heteroatoms. The van der Waals surface area contributed by atoms with Crippen molar-refractivity contribution in [1.82, 2.24) is 20.0 Å². The smallest absolute Gasteiger partial charge is 0.229 e. The van der Waals surface area contributed by atoms with Gasteiger partial charge in [-0.05, 0) is 44.0 Å². The third kappa shape index (κ3) is 4.11. The zero-order valence-electron chi connectivity index (χ0n) is 12.9. The molecule has 1 saturated heterocycles. The summed E-state index contributed by atoms with van der Waals surface area (Å²) in [5, 5.41) is 4.11. The molecule has 0 spiro atoms. The Bertz CT molecular complexity index is 567. The SMILES string of the molecule is CN(CCc1ccncc1)Cc1noc(C2CCOCC2)n1. The van der Waals surface area contributed by atoms with E-state index >= 15 is 0 Å². The van der Waals surface area contributed by atoms with Crippen molar-refractivity contribution in [1.29, 1.82) is 0 Å². The monoisotopic (exact) mass is 302 g/mol. The van der Waals surface area contributed by atoms with Crippen molar-refractivity contribution >= 4 is 0 Å². The molecule has 1 aliphatic heterocycles. The Kier molecular flexibility index (Phi) is 5.13.